The summed E-state index contributed by atoms with van der Waals surface area (Å²) >= 11 is 0. The molecule has 36 heavy (non-hydrogen) atoms. The van der Waals surface area contributed by atoms with E-state index in [-0.39, 0.29) is 11.5 Å². The molecule has 1 aliphatic rings. The lowest BCUT2D eigenvalue weighted by molar-refractivity contribution is 0.0746. The van der Waals surface area contributed by atoms with E-state index in [1.165, 1.54) is 0 Å². The summed E-state index contributed by atoms with van der Waals surface area (Å²) in [6, 6.07) is 18.5. The van der Waals surface area contributed by atoms with Crippen molar-refractivity contribution in [3.8, 4) is 11.8 Å². The van der Waals surface area contributed by atoms with Gasteiger partial charge in [-0.25, -0.2) is 10.1 Å². The average molecular weight is 481 g/mol. The van der Waals surface area contributed by atoms with Gasteiger partial charge in [-0.15, -0.1) is 0 Å². The largest absolute Gasteiger partial charge is 0.497 e. The molecule has 1 fully saturated rings. The Labute approximate surface area is 207 Å². The molecule has 4 aromatic rings. The van der Waals surface area contributed by atoms with E-state index in [4.69, 9.17) is 10.00 Å². The molecule has 2 aromatic heterocycles. The van der Waals surface area contributed by atoms with Gasteiger partial charge in [-0.3, -0.25) is 9.59 Å². The van der Waals surface area contributed by atoms with Gasteiger partial charge < -0.3 is 14.5 Å². The summed E-state index contributed by atoms with van der Waals surface area (Å²) in [6.45, 7) is 2.49. The number of amides is 1. The van der Waals surface area contributed by atoms with Crippen molar-refractivity contribution < 1.29 is 9.53 Å². The van der Waals surface area contributed by atoms with Gasteiger partial charge in [-0.05, 0) is 48.0 Å². The number of pyridine rings is 1. The van der Waals surface area contributed by atoms with Crippen LogP contribution in [0.5, 0.6) is 5.75 Å². The molecule has 0 spiro atoms. The number of hydrogen-bond acceptors (Lipinski definition) is 7. The number of nitrogens with one attached hydrogen (secondary N) is 1. The molecule has 1 saturated heterocycles. The SMILES string of the molecule is COc1ccc2c(=O)[nH]nc(Cc3cccc(C(=O)N4CCN(c5ccc(C#N)cn5)CC4)c3)c2c1. The molecule has 0 saturated carbocycles. The van der Waals surface area contributed by atoms with Crippen LogP contribution in [0.1, 0.15) is 27.2 Å². The third kappa shape index (κ3) is 4.61. The summed E-state index contributed by atoms with van der Waals surface area (Å²) in [5, 5.41) is 17.1. The van der Waals surface area contributed by atoms with Crippen LogP contribution in [-0.2, 0) is 6.42 Å². The Morgan fingerprint density at radius 1 is 1.08 bits per heavy atom. The van der Waals surface area contributed by atoms with Crippen molar-refractivity contribution in [3.63, 3.8) is 0 Å². The van der Waals surface area contributed by atoms with Crippen molar-refractivity contribution >= 4 is 22.5 Å². The fourth-order valence-corrected chi connectivity index (χ4v) is 4.43. The van der Waals surface area contributed by atoms with Gasteiger partial charge in [0.15, 0.2) is 0 Å². The number of carbonyl (C=O) groups excluding carboxylic acids is 1. The Bertz CT molecular complexity index is 1520. The fraction of sp³-hybridized carbons (Fsp3) is 0.222. The number of aromatic nitrogens is 3. The molecule has 5 rings (SSSR count). The van der Waals surface area contributed by atoms with E-state index >= 15 is 0 Å². The number of fused-ring (bicyclic) bond motifs is 1. The molecule has 1 amide bonds. The highest BCUT2D eigenvalue weighted by atomic mass is 16.5. The average Bonchev–Trinajstić information content (AvgIpc) is 2.94. The van der Waals surface area contributed by atoms with E-state index < -0.39 is 0 Å². The van der Waals surface area contributed by atoms with Crippen LogP contribution < -0.4 is 15.2 Å². The zero-order chi connectivity index (χ0) is 25.1. The highest BCUT2D eigenvalue weighted by Gasteiger charge is 2.23. The van der Waals surface area contributed by atoms with E-state index in [0.29, 0.717) is 60.6 Å². The van der Waals surface area contributed by atoms with E-state index in [1.54, 1.807) is 31.5 Å². The van der Waals surface area contributed by atoms with Crippen molar-refractivity contribution in [1.82, 2.24) is 20.1 Å². The van der Waals surface area contributed by atoms with Crippen LogP contribution in [0, 0.1) is 11.3 Å². The van der Waals surface area contributed by atoms with E-state index in [1.807, 2.05) is 41.3 Å². The number of nitriles is 1. The summed E-state index contributed by atoms with van der Waals surface area (Å²) in [6.07, 6.45) is 2.02. The van der Waals surface area contributed by atoms with Gasteiger partial charge in [0.05, 0.1) is 23.8 Å². The number of piperazine rings is 1. The van der Waals surface area contributed by atoms with Crippen molar-refractivity contribution in [2.75, 3.05) is 38.2 Å². The lowest BCUT2D eigenvalue weighted by Gasteiger charge is -2.35. The van der Waals surface area contributed by atoms with Crippen LogP contribution in [0.15, 0.2) is 65.6 Å². The van der Waals surface area contributed by atoms with Gasteiger partial charge in [0.1, 0.15) is 17.6 Å². The second-order valence-corrected chi connectivity index (χ2v) is 8.58. The summed E-state index contributed by atoms with van der Waals surface area (Å²) in [5.74, 6) is 1.43. The lowest BCUT2D eigenvalue weighted by Crippen LogP contribution is -2.49. The maximum absolute atomic E-state index is 13.2. The highest BCUT2D eigenvalue weighted by molar-refractivity contribution is 5.94. The van der Waals surface area contributed by atoms with Crippen LogP contribution in [-0.4, -0.2) is 59.3 Å². The third-order valence-electron chi connectivity index (χ3n) is 6.39. The zero-order valence-corrected chi connectivity index (χ0v) is 19.8. The maximum atomic E-state index is 13.2. The molecule has 2 aromatic carbocycles. The first-order valence-electron chi connectivity index (χ1n) is 11.6. The van der Waals surface area contributed by atoms with Crippen molar-refractivity contribution in [2.24, 2.45) is 0 Å². The van der Waals surface area contributed by atoms with Crippen molar-refractivity contribution in [2.45, 2.75) is 6.42 Å². The zero-order valence-electron chi connectivity index (χ0n) is 19.8. The molecule has 0 atom stereocenters. The number of H-pyrrole nitrogens is 1. The first-order chi connectivity index (χ1) is 17.6. The molecule has 0 radical (unpaired) electrons. The van der Waals surface area contributed by atoms with Gasteiger partial charge in [-0.2, -0.15) is 10.4 Å². The predicted octanol–water partition coefficient (Wildman–Crippen LogP) is 2.75. The minimum absolute atomic E-state index is 0.0229. The number of carbonyl (C=O) groups is 1. The maximum Gasteiger partial charge on any atom is 0.272 e. The molecule has 9 nitrogen and oxygen atoms in total. The number of benzene rings is 2. The molecule has 9 heteroatoms. The van der Waals surface area contributed by atoms with Gasteiger partial charge >= 0.3 is 0 Å². The topological polar surface area (TPSA) is 115 Å². The van der Waals surface area contributed by atoms with Crippen molar-refractivity contribution in [1.29, 1.82) is 5.26 Å². The number of nitrogens with zero attached hydrogens (tertiary/aromatic N) is 5. The Morgan fingerprint density at radius 2 is 1.92 bits per heavy atom. The molecule has 3 heterocycles. The highest BCUT2D eigenvalue weighted by Crippen LogP contribution is 2.23. The van der Waals surface area contributed by atoms with Gasteiger partial charge in [0.2, 0.25) is 0 Å². The second-order valence-electron chi connectivity index (χ2n) is 8.58. The van der Waals surface area contributed by atoms with E-state index in [2.05, 4.69) is 26.2 Å². The first kappa shape index (κ1) is 23.1. The summed E-state index contributed by atoms with van der Waals surface area (Å²) in [4.78, 5) is 33.8. The first-order valence-corrected chi connectivity index (χ1v) is 11.6. The van der Waals surface area contributed by atoms with Crippen LogP contribution >= 0.6 is 0 Å². The van der Waals surface area contributed by atoms with E-state index in [0.717, 1.165) is 16.8 Å². The number of rotatable bonds is 5. The molecule has 0 aliphatic carbocycles. The molecular weight excluding hydrogens is 456 g/mol. The predicted molar refractivity (Wildman–Crippen MR) is 135 cm³/mol. The number of methoxy groups -OCH3 is 1. The Morgan fingerprint density at radius 3 is 2.64 bits per heavy atom. The lowest BCUT2D eigenvalue weighted by atomic mass is 10.0. The second kappa shape index (κ2) is 9.88. The van der Waals surface area contributed by atoms with Gasteiger partial charge in [0.25, 0.3) is 11.5 Å². The van der Waals surface area contributed by atoms with Crippen LogP contribution in [0.25, 0.3) is 10.8 Å². The van der Waals surface area contributed by atoms with Crippen LogP contribution in [0.4, 0.5) is 5.82 Å². The van der Waals surface area contributed by atoms with Gasteiger partial charge in [-0.1, -0.05) is 12.1 Å². The summed E-state index contributed by atoms with van der Waals surface area (Å²) in [5.41, 5.74) is 2.51. The molecular formula is C27H24N6O3. The van der Waals surface area contributed by atoms with Crippen molar-refractivity contribution in [3.05, 3.63) is 93.5 Å². The smallest absolute Gasteiger partial charge is 0.272 e. The minimum Gasteiger partial charge on any atom is -0.497 e. The summed E-state index contributed by atoms with van der Waals surface area (Å²) in [7, 11) is 1.58. The van der Waals surface area contributed by atoms with Crippen LogP contribution in [0.2, 0.25) is 0 Å². The number of hydrogen-bond donors (Lipinski definition) is 1. The standard InChI is InChI=1S/C27H24N6O3/c1-36-21-6-7-22-23(15-21)24(30-31-26(22)34)14-18-3-2-4-20(13-18)27(35)33-11-9-32(10-12-33)25-8-5-19(16-28)17-29-25/h2-8,13,15,17H,9-12,14H2,1H3,(H,31,34). The Hall–Kier alpha value is -4.71. The normalized spacial score (nSPS) is 13.4. The molecule has 180 valence electrons. The summed E-state index contributed by atoms with van der Waals surface area (Å²) < 4.78 is 5.32. The molecule has 1 N–H and O–H groups in total. The molecule has 1 aliphatic heterocycles. The molecule has 0 unspecified atom stereocenters. The minimum atomic E-state index is -0.254. The van der Waals surface area contributed by atoms with Crippen LogP contribution in [0.3, 0.4) is 0 Å². The number of aromatic amines is 1. The monoisotopic (exact) mass is 480 g/mol. The third-order valence-corrected chi connectivity index (χ3v) is 6.39. The Kier molecular flexibility index (Phi) is 6.33. The quantitative estimate of drug-likeness (QED) is 0.467. The van der Waals surface area contributed by atoms with Gasteiger partial charge in [0, 0.05) is 49.7 Å². The van der Waals surface area contributed by atoms with E-state index in [9.17, 15) is 9.59 Å². The fourth-order valence-electron chi connectivity index (χ4n) is 4.43. The molecule has 0 bridgehead atoms. The number of ether oxygens (including phenoxy) is 1. The number of anilines is 1. The Balaban J connectivity index is 1.30.